The van der Waals surface area contributed by atoms with E-state index >= 15 is 0 Å². The van der Waals surface area contributed by atoms with Crippen LogP contribution < -0.4 is 15.3 Å². The molecule has 1 aliphatic rings. The molecule has 7 heteroatoms. The van der Waals surface area contributed by atoms with Crippen molar-refractivity contribution in [1.29, 1.82) is 5.26 Å². The van der Waals surface area contributed by atoms with Gasteiger partial charge >= 0.3 is 5.69 Å². The van der Waals surface area contributed by atoms with E-state index in [1.54, 1.807) is 29.7 Å². The van der Waals surface area contributed by atoms with Crippen LogP contribution in [0.25, 0.3) is 0 Å². The number of benzene rings is 1. The van der Waals surface area contributed by atoms with Crippen LogP contribution in [0.2, 0.25) is 0 Å². The fourth-order valence-electron chi connectivity index (χ4n) is 2.56. The average molecular weight is 314 g/mol. The summed E-state index contributed by atoms with van der Waals surface area (Å²) in [5, 5.41) is 8.89. The maximum Gasteiger partial charge on any atom is 0.352 e. The third-order valence-corrected chi connectivity index (χ3v) is 3.89. The maximum absolute atomic E-state index is 13.4. The van der Waals surface area contributed by atoms with E-state index in [2.05, 4.69) is 4.98 Å². The Hall–Kier alpha value is -2.88. The first-order valence-electron chi connectivity index (χ1n) is 7.19. The highest BCUT2D eigenvalue weighted by Gasteiger charge is 2.20. The average Bonchev–Trinajstić information content (AvgIpc) is 2.89. The maximum atomic E-state index is 13.4. The molecule has 0 aliphatic carbocycles. The normalized spacial score (nSPS) is 14.3. The molecule has 0 N–H and O–H groups in total. The van der Waals surface area contributed by atoms with Crippen LogP contribution in [0.15, 0.2) is 29.1 Å². The third-order valence-electron chi connectivity index (χ3n) is 3.89. The van der Waals surface area contributed by atoms with Gasteiger partial charge in [0, 0.05) is 26.2 Å². The van der Waals surface area contributed by atoms with Crippen molar-refractivity contribution in [2.45, 2.75) is 19.6 Å². The molecule has 0 radical (unpaired) electrons. The largest absolute Gasteiger partial charge is 0.470 e. The molecule has 1 unspecified atom stereocenters. The number of halogens is 1. The van der Waals surface area contributed by atoms with E-state index < -0.39 is 11.9 Å². The molecular formula is C16H15FN4O2. The first-order chi connectivity index (χ1) is 11.0. The fourth-order valence-corrected chi connectivity index (χ4v) is 2.56. The van der Waals surface area contributed by atoms with Crippen LogP contribution in [0.1, 0.15) is 24.2 Å². The van der Waals surface area contributed by atoms with Gasteiger partial charge in [-0.15, -0.1) is 0 Å². The zero-order chi connectivity index (χ0) is 16.6. The van der Waals surface area contributed by atoms with Crippen molar-refractivity contribution in [2.24, 2.45) is 0 Å². The molecule has 1 aromatic heterocycles. The van der Waals surface area contributed by atoms with Crippen molar-refractivity contribution in [3.05, 3.63) is 51.7 Å². The van der Waals surface area contributed by atoms with Crippen molar-refractivity contribution >= 4 is 5.82 Å². The molecule has 0 saturated heterocycles. The van der Waals surface area contributed by atoms with Crippen molar-refractivity contribution < 1.29 is 9.13 Å². The lowest BCUT2D eigenvalue weighted by Crippen LogP contribution is -2.22. The van der Waals surface area contributed by atoms with E-state index in [1.807, 2.05) is 11.9 Å². The molecule has 1 atom stereocenters. The zero-order valence-corrected chi connectivity index (χ0v) is 12.8. The van der Waals surface area contributed by atoms with Gasteiger partial charge in [0.2, 0.25) is 5.88 Å². The van der Waals surface area contributed by atoms with Gasteiger partial charge in [0.15, 0.2) is 0 Å². The third kappa shape index (κ3) is 2.75. The summed E-state index contributed by atoms with van der Waals surface area (Å²) >= 11 is 0. The molecular weight excluding hydrogens is 299 g/mol. The van der Waals surface area contributed by atoms with Gasteiger partial charge in [-0.3, -0.25) is 4.57 Å². The van der Waals surface area contributed by atoms with E-state index in [0.29, 0.717) is 12.1 Å². The van der Waals surface area contributed by atoms with Crippen LogP contribution in [0.3, 0.4) is 0 Å². The highest BCUT2D eigenvalue weighted by Crippen LogP contribution is 2.25. The number of aromatic nitrogens is 2. The summed E-state index contributed by atoms with van der Waals surface area (Å²) in [6.45, 7) is 3.11. The summed E-state index contributed by atoms with van der Waals surface area (Å²) < 4.78 is 20.7. The van der Waals surface area contributed by atoms with Gasteiger partial charge < -0.3 is 9.64 Å². The summed E-state index contributed by atoms with van der Waals surface area (Å²) in [7, 11) is 1.89. The predicted octanol–water partition coefficient (Wildman–Crippen LogP) is 1.84. The van der Waals surface area contributed by atoms with Crippen molar-refractivity contribution in [3.63, 3.8) is 0 Å². The Morgan fingerprint density at radius 1 is 1.39 bits per heavy atom. The lowest BCUT2D eigenvalue weighted by Gasteiger charge is -2.16. The van der Waals surface area contributed by atoms with Gasteiger partial charge in [-0.2, -0.15) is 10.2 Å². The highest BCUT2D eigenvalue weighted by atomic mass is 19.1. The summed E-state index contributed by atoms with van der Waals surface area (Å²) in [6.07, 6.45) is -0.468. The van der Waals surface area contributed by atoms with Gasteiger partial charge in [-0.25, -0.2) is 9.18 Å². The van der Waals surface area contributed by atoms with Gasteiger partial charge in [-0.05, 0) is 24.6 Å². The van der Waals surface area contributed by atoms with E-state index in [9.17, 15) is 9.18 Å². The fraction of sp³-hybridized carbons (Fsp3) is 0.312. The van der Waals surface area contributed by atoms with Crippen molar-refractivity contribution in [2.75, 3.05) is 18.5 Å². The molecule has 0 spiro atoms. The minimum atomic E-state index is -0.570. The second-order valence-electron chi connectivity index (χ2n) is 5.42. The zero-order valence-electron chi connectivity index (χ0n) is 12.8. The number of hydrogen-bond acceptors (Lipinski definition) is 5. The van der Waals surface area contributed by atoms with Gasteiger partial charge in [0.25, 0.3) is 0 Å². The number of ether oxygens (including phenoxy) is 1. The minimum absolute atomic E-state index is 0.0420. The second-order valence-corrected chi connectivity index (χ2v) is 5.42. The lowest BCUT2D eigenvalue weighted by atomic mass is 10.1. The molecule has 6 nitrogen and oxygen atoms in total. The molecule has 0 amide bonds. The molecule has 2 aromatic rings. The predicted molar refractivity (Wildman–Crippen MR) is 81.9 cm³/mol. The number of fused-ring (bicyclic) bond motifs is 1. The lowest BCUT2D eigenvalue weighted by molar-refractivity contribution is 0.216. The van der Waals surface area contributed by atoms with Gasteiger partial charge in [0.1, 0.15) is 23.8 Å². The molecule has 1 aliphatic heterocycles. The van der Waals surface area contributed by atoms with E-state index in [4.69, 9.17) is 10.00 Å². The molecule has 118 valence electrons. The number of hydrogen-bond donors (Lipinski definition) is 0. The van der Waals surface area contributed by atoms with Crippen LogP contribution in [0, 0.1) is 17.1 Å². The molecule has 3 rings (SSSR count). The summed E-state index contributed by atoms with van der Waals surface area (Å²) in [4.78, 5) is 17.9. The minimum Gasteiger partial charge on any atom is -0.470 e. The molecule has 0 saturated carbocycles. The van der Waals surface area contributed by atoms with E-state index in [-0.39, 0.29) is 17.1 Å². The van der Waals surface area contributed by atoms with Crippen LogP contribution >= 0.6 is 0 Å². The molecule has 1 aromatic carbocycles. The number of rotatable bonds is 3. The Kier molecular flexibility index (Phi) is 3.74. The first-order valence-corrected chi connectivity index (χ1v) is 7.19. The van der Waals surface area contributed by atoms with Crippen LogP contribution in [0.5, 0.6) is 5.88 Å². The quantitative estimate of drug-likeness (QED) is 0.864. The molecule has 0 bridgehead atoms. The SMILES string of the molecule is CC(Oc1cc2n(c(=O)n1)CCN2C)c1ccc(F)c(C#N)c1. The van der Waals surface area contributed by atoms with Crippen molar-refractivity contribution in [1.82, 2.24) is 9.55 Å². The smallest absolute Gasteiger partial charge is 0.352 e. The van der Waals surface area contributed by atoms with Crippen LogP contribution in [-0.4, -0.2) is 23.1 Å². The van der Waals surface area contributed by atoms with Crippen LogP contribution in [0.4, 0.5) is 10.2 Å². The monoisotopic (exact) mass is 314 g/mol. The topological polar surface area (TPSA) is 71.2 Å². The molecule has 2 heterocycles. The number of nitriles is 1. The van der Waals surface area contributed by atoms with Crippen LogP contribution in [-0.2, 0) is 6.54 Å². The Bertz CT molecular complexity index is 856. The van der Waals surface area contributed by atoms with E-state index in [0.717, 1.165) is 12.4 Å². The first kappa shape index (κ1) is 15.0. The number of nitrogens with zero attached hydrogens (tertiary/aromatic N) is 4. The second kappa shape index (κ2) is 5.72. The van der Waals surface area contributed by atoms with Gasteiger partial charge in [-0.1, -0.05) is 6.07 Å². The summed E-state index contributed by atoms with van der Waals surface area (Å²) in [6, 6.07) is 7.72. The highest BCUT2D eigenvalue weighted by molar-refractivity contribution is 5.44. The Labute approximate surface area is 132 Å². The van der Waals surface area contributed by atoms with Gasteiger partial charge in [0.05, 0.1) is 5.56 Å². The summed E-state index contributed by atoms with van der Waals surface area (Å²) in [5.74, 6) is 0.397. The van der Waals surface area contributed by atoms with Crippen molar-refractivity contribution in [3.8, 4) is 11.9 Å². The Balaban J connectivity index is 1.88. The Morgan fingerprint density at radius 2 is 2.17 bits per heavy atom. The Morgan fingerprint density at radius 3 is 2.91 bits per heavy atom. The molecule has 23 heavy (non-hydrogen) atoms. The molecule has 0 fully saturated rings. The number of anilines is 1. The van der Waals surface area contributed by atoms with E-state index in [1.165, 1.54) is 12.1 Å². The summed E-state index contributed by atoms with van der Waals surface area (Å²) in [5.41, 5.74) is 0.240. The standard InChI is InChI=1S/C16H15FN4O2/c1-10(11-3-4-13(17)12(7-11)9-18)23-14-8-15-20(2)5-6-21(15)16(22)19-14/h3-4,7-8,10H,5-6H2,1-2H3. The number of likely N-dealkylation sites (N-methyl/N-ethyl adjacent to an activating group) is 1.